The van der Waals surface area contributed by atoms with Crippen LogP contribution in [0.5, 0.6) is 0 Å². The molecule has 18 heavy (non-hydrogen) atoms. The van der Waals surface area contributed by atoms with Crippen molar-refractivity contribution >= 4 is 34.8 Å². The molecule has 1 aromatic carbocycles. The number of amides is 1. The Hall–Kier alpha value is -1.39. The predicted molar refractivity (Wildman–Crippen MR) is 71.6 cm³/mol. The van der Waals surface area contributed by atoms with Crippen molar-refractivity contribution in [1.29, 1.82) is 0 Å². The minimum atomic E-state index is -0.0561. The Bertz CT molecular complexity index is 570. The first-order valence-corrected chi connectivity index (χ1v) is 6.35. The third-order valence-electron chi connectivity index (χ3n) is 3.29. The molecule has 4 nitrogen and oxygen atoms in total. The van der Waals surface area contributed by atoms with Crippen LogP contribution in [0.1, 0.15) is 6.92 Å². The van der Waals surface area contributed by atoms with Crippen LogP contribution in [0.25, 0.3) is 0 Å². The maximum absolute atomic E-state index is 11.6. The molecule has 0 fully saturated rings. The molecular weight excluding hydrogens is 273 g/mol. The topological polar surface area (TPSA) is 44.4 Å². The van der Waals surface area contributed by atoms with Gasteiger partial charge >= 0.3 is 0 Å². The van der Waals surface area contributed by atoms with E-state index < -0.39 is 0 Å². The van der Waals surface area contributed by atoms with Crippen molar-refractivity contribution < 1.29 is 4.79 Å². The minimum Gasteiger partial charge on any atom is -0.347 e. The van der Waals surface area contributed by atoms with E-state index in [1.54, 1.807) is 12.1 Å². The number of anilines is 1. The monoisotopic (exact) mass is 283 g/mol. The molecule has 94 valence electrons. The Labute approximate surface area is 115 Å². The number of carbonyl (C=O) groups excluding carboxylic acids is 1. The number of hydrogen-bond donors (Lipinski definition) is 2. The molecule has 2 aliphatic heterocycles. The van der Waals surface area contributed by atoms with Crippen molar-refractivity contribution in [3.63, 3.8) is 0 Å². The van der Waals surface area contributed by atoms with Crippen molar-refractivity contribution in [3.05, 3.63) is 39.5 Å². The van der Waals surface area contributed by atoms with E-state index in [0.717, 1.165) is 11.3 Å². The zero-order valence-corrected chi connectivity index (χ0v) is 11.1. The lowest BCUT2D eigenvalue weighted by Gasteiger charge is -2.27. The van der Waals surface area contributed by atoms with E-state index in [-0.39, 0.29) is 11.9 Å². The summed E-state index contributed by atoms with van der Waals surface area (Å²) in [6.07, 6.45) is 0. The van der Waals surface area contributed by atoms with Crippen LogP contribution in [0.4, 0.5) is 5.69 Å². The predicted octanol–water partition coefficient (Wildman–Crippen LogP) is 2.09. The summed E-state index contributed by atoms with van der Waals surface area (Å²) in [4.78, 5) is 11.6. The molecule has 6 heteroatoms. The fourth-order valence-corrected chi connectivity index (χ4v) is 2.57. The van der Waals surface area contributed by atoms with Crippen LogP contribution in [-0.4, -0.2) is 18.5 Å². The highest BCUT2D eigenvalue weighted by atomic mass is 35.5. The Morgan fingerprint density at radius 1 is 1.33 bits per heavy atom. The Morgan fingerprint density at radius 2 is 2.11 bits per heavy atom. The van der Waals surface area contributed by atoms with Gasteiger partial charge in [0.1, 0.15) is 5.70 Å². The second-order valence-corrected chi connectivity index (χ2v) is 5.15. The molecule has 0 spiro atoms. The highest BCUT2D eigenvalue weighted by molar-refractivity contribution is 6.42. The van der Waals surface area contributed by atoms with Gasteiger partial charge in [0.15, 0.2) is 0 Å². The van der Waals surface area contributed by atoms with Gasteiger partial charge in [0.05, 0.1) is 21.8 Å². The Kier molecular flexibility index (Phi) is 2.64. The number of rotatable bonds is 1. The van der Waals surface area contributed by atoms with E-state index in [9.17, 15) is 4.79 Å². The number of benzene rings is 1. The third kappa shape index (κ3) is 1.64. The van der Waals surface area contributed by atoms with Gasteiger partial charge in [-0.2, -0.15) is 0 Å². The lowest BCUT2D eigenvalue weighted by atomic mass is 10.1. The quantitative estimate of drug-likeness (QED) is 0.830. The molecule has 0 saturated carbocycles. The van der Waals surface area contributed by atoms with Crippen molar-refractivity contribution in [2.75, 3.05) is 11.6 Å². The van der Waals surface area contributed by atoms with Crippen LogP contribution < -0.4 is 15.8 Å². The fourth-order valence-electron chi connectivity index (χ4n) is 2.27. The maximum Gasteiger partial charge on any atom is 0.269 e. The molecule has 0 radical (unpaired) electrons. The van der Waals surface area contributed by atoms with Crippen LogP contribution in [0.3, 0.4) is 0 Å². The molecule has 1 unspecified atom stereocenters. The van der Waals surface area contributed by atoms with Gasteiger partial charge in [0, 0.05) is 12.1 Å². The number of carbonyl (C=O) groups is 1. The van der Waals surface area contributed by atoms with Crippen molar-refractivity contribution in [1.82, 2.24) is 10.7 Å². The van der Waals surface area contributed by atoms with E-state index in [1.807, 2.05) is 18.0 Å². The highest BCUT2D eigenvalue weighted by Crippen LogP contribution is 2.32. The summed E-state index contributed by atoms with van der Waals surface area (Å²) in [5.41, 5.74) is 5.72. The second-order valence-electron chi connectivity index (χ2n) is 4.34. The summed E-state index contributed by atoms with van der Waals surface area (Å²) in [6, 6.07) is 5.51. The lowest BCUT2D eigenvalue weighted by molar-refractivity contribution is -0.117. The first-order chi connectivity index (χ1) is 8.58. The largest absolute Gasteiger partial charge is 0.347 e. The molecule has 0 saturated heterocycles. The Morgan fingerprint density at radius 3 is 2.78 bits per heavy atom. The molecule has 1 amide bonds. The first-order valence-electron chi connectivity index (χ1n) is 5.60. The van der Waals surface area contributed by atoms with Crippen molar-refractivity contribution in [2.45, 2.75) is 13.0 Å². The van der Waals surface area contributed by atoms with Crippen LogP contribution >= 0.6 is 23.2 Å². The van der Waals surface area contributed by atoms with Crippen LogP contribution in [0.15, 0.2) is 29.5 Å². The van der Waals surface area contributed by atoms with Crippen molar-refractivity contribution in [2.24, 2.45) is 0 Å². The van der Waals surface area contributed by atoms with Gasteiger partial charge in [0.25, 0.3) is 5.91 Å². The number of nitrogens with one attached hydrogen (secondary N) is 2. The molecule has 2 aliphatic rings. The molecule has 0 aliphatic carbocycles. The summed E-state index contributed by atoms with van der Waals surface area (Å²) in [5.74, 6) is -0.0561. The van der Waals surface area contributed by atoms with Crippen molar-refractivity contribution in [3.8, 4) is 0 Å². The molecule has 3 rings (SSSR count). The summed E-state index contributed by atoms with van der Waals surface area (Å²) in [6.45, 7) is 2.64. The molecule has 2 N–H and O–H groups in total. The van der Waals surface area contributed by atoms with Gasteiger partial charge in [-0.1, -0.05) is 23.2 Å². The van der Waals surface area contributed by atoms with E-state index in [2.05, 4.69) is 10.7 Å². The third-order valence-corrected chi connectivity index (χ3v) is 4.03. The summed E-state index contributed by atoms with van der Waals surface area (Å²) in [5, 5.41) is 5.74. The van der Waals surface area contributed by atoms with E-state index in [1.165, 1.54) is 0 Å². The lowest BCUT2D eigenvalue weighted by Crippen LogP contribution is -2.42. The average Bonchev–Trinajstić information content (AvgIpc) is 2.86. The fraction of sp³-hybridized carbons (Fsp3) is 0.250. The first kappa shape index (κ1) is 11.7. The smallest absolute Gasteiger partial charge is 0.269 e. The number of halogens is 2. The Balaban J connectivity index is 1.92. The molecule has 2 heterocycles. The van der Waals surface area contributed by atoms with Gasteiger partial charge in [-0.15, -0.1) is 0 Å². The highest BCUT2D eigenvalue weighted by Gasteiger charge is 2.36. The molecule has 1 atom stereocenters. The van der Waals surface area contributed by atoms with E-state index in [4.69, 9.17) is 23.2 Å². The second kappa shape index (κ2) is 4.07. The summed E-state index contributed by atoms with van der Waals surface area (Å²) in [7, 11) is 0. The molecule has 0 bridgehead atoms. The summed E-state index contributed by atoms with van der Waals surface area (Å²) < 4.78 is 0. The van der Waals surface area contributed by atoms with Crippen LogP contribution in [0.2, 0.25) is 10.0 Å². The molecular formula is C12H11Cl2N3O. The van der Waals surface area contributed by atoms with Crippen LogP contribution in [0, 0.1) is 0 Å². The number of hydrogen-bond acceptors (Lipinski definition) is 3. The van der Waals surface area contributed by atoms with Gasteiger partial charge in [-0.25, -0.2) is 0 Å². The van der Waals surface area contributed by atoms with Gasteiger partial charge in [-0.05, 0) is 25.1 Å². The van der Waals surface area contributed by atoms with E-state index in [0.29, 0.717) is 22.3 Å². The SMILES string of the molecule is CC1C2=C(NN1c1ccc(Cl)c(Cl)c1)C(=O)NC2. The zero-order chi connectivity index (χ0) is 12.9. The van der Waals surface area contributed by atoms with Gasteiger partial charge in [-0.3, -0.25) is 15.2 Å². The molecule has 0 aromatic heterocycles. The van der Waals surface area contributed by atoms with Crippen LogP contribution in [-0.2, 0) is 4.79 Å². The standard InChI is InChI=1S/C12H11Cl2N3O/c1-6-8-5-15-12(18)11(8)16-17(6)7-2-3-9(13)10(14)4-7/h2-4,6,16H,5H2,1H3,(H,15,18). The minimum absolute atomic E-state index is 0.0561. The normalized spacial score (nSPS) is 22.1. The number of nitrogens with zero attached hydrogens (tertiary/aromatic N) is 1. The zero-order valence-electron chi connectivity index (χ0n) is 9.63. The average molecular weight is 284 g/mol. The van der Waals surface area contributed by atoms with E-state index >= 15 is 0 Å². The number of hydrazine groups is 1. The maximum atomic E-state index is 11.6. The van der Waals surface area contributed by atoms with Gasteiger partial charge < -0.3 is 5.32 Å². The summed E-state index contributed by atoms with van der Waals surface area (Å²) >= 11 is 11.9. The molecule has 1 aromatic rings. The van der Waals surface area contributed by atoms with Gasteiger partial charge in [0.2, 0.25) is 0 Å².